The number of fused-ring (bicyclic) bond motifs is 1. The summed E-state index contributed by atoms with van der Waals surface area (Å²) in [6.07, 6.45) is 8.56. The van der Waals surface area contributed by atoms with E-state index in [9.17, 15) is 17.6 Å². The Bertz CT molecular complexity index is 1730. The fourth-order valence-electron chi connectivity index (χ4n) is 5.55. The molecular weight excluding hydrogens is 718 g/mol. The summed E-state index contributed by atoms with van der Waals surface area (Å²) >= 11 is 16.4. The normalized spacial score (nSPS) is 18.3. The van der Waals surface area contributed by atoms with Gasteiger partial charge in [-0.3, -0.25) is 0 Å². The minimum absolute atomic E-state index is 0. The number of carbonyl (C=O) groups excluding carboxylic acids is 1. The Morgan fingerprint density at radius 2 is 1.16 bits per heavy atom. The van der Waals surface area contributed by atoms with Gasteiger partial charge in [-0.05, 0) is 22.7 Å². The zero-order chi connectivity index (χ0) is 34.5. The van der Waals surface area contributed by atoms with Crippen LogP contribution in [0.4, 0.5) is 29.2 Å². The van der Waals surface area contributed by atoms with Crippen molar-refractivity contribution in [2.24, 2.45) is 11.8 Å². The van der Waals surface area contributed by atoms with Gasteiger partial charge >= 0.3 is 34.9 Å². The van der Waals surface area contributed by atoms with Crippen LogP contribution in [0.3, 0.4) is 0 Å². The summed E-state index contributed by atoms with van der Waals surface area (Å²) < 4.78 is 48.6. The summed E-state index contributed by atoms with van der Waals surface area (Å²) in [5, 5.41) is 5.74. The average Bonchev–Trinajstić information content (AvgIpc) is 3.54. The molecule has 1 saturated carbocycles. The Hall–Kier alpha value is -3.00. The first-order valence-electron chi connectivity index (χ1n) is 14.7. The predicted molar refractivity (Wildman–Crippen MR) is 174 cm³/mol. The van der Waals surface area contributed by atoms with Crippen LogP contribution in [0.2, 0.25) is 10.3 Å². The largest absolute Gasteiger partial charge is 1.00 e. The molecule has 0 N–H and O–H groups in total. The van der Waals surface area contributed by atoms with Gasteiger partial charge < -0.3 is 19.7 Å². The maximum atomic E-state index is 13.4. The number of carboxylic acids is 1. The van der Waals surface area contributed by atoms with Crippen molar-refractivity contribution in [3.05, 3.63) is 118 Å². The van der Waals surface area contributed by atoms with Crippen LogP contribution in [-0.2, 0) is 17.6 Å². The van der Waals surface area contributed by atoms with E-state index in [1.807, 2.05) is 53.4 Å². The molecule has 0 radical (unpaired) electrons. The van der Waals surface area contributed by atoms with Gasteiger partial charge in [-0.2, -0.15) is 8.78 Å². The molecule has 2 aromatic carbocycles. The molecule has 3 aliphatic rings. The molecule has 8 nitrogen and oxygen atoms in total. The van der Waals surface area contributed by atoms with Crippen LogP contribution in [-0.4, -0.2) is 63.4 Å². The molecule has 4 aromatic rings. The Balaban J connectivity index is 0.000000184. The number of carboxylic acid groups (broad SMARTS) is 1. The number of carbonyl (C=O) groups is 1. The van der Waals surface area contributed by atoms with Crippen molar-refractivity contribution in [3.63, 3.8) is 0 Å². The van der Waals surface area contributed by atoms with Gasteiger partial charge in [0.15, 0.2) is 0 Å². The molecule has 2 fully saturated rings. The minimum Gasteiger partial charge on any atom is -0.543 e. The van der Waals surface area contributed by atoms with Gasteiger partial charge in [0.05, 0.1) is 11.8 Å². The van der Waals surface area contributed by atoms with E-state index in [1.54, 1.807) is 0 Å². The Morgan fingerprint density at radius 1 is 0.776 bits per heavy atom. The number of hydrogen-bond donors (Lipinski definition) is 0. The molecule has 1 saturated heterocycles. The fraction of sp³-hybridized carbons (Fsp3) is 0.303. The first kappa shape index (κ1) is 38.8. The summed E-state index contributed by atoms with van der Waals surface area (Å²) in [7, 11) is 0. The van der Waals surface area contributed by atoms with Crippen molar-refractivity contribution in [1.29, 1.82) is 0 Å². The number of hydrogen-bond acceptors (Lipinski definition) is 8. The quantitative estimate of drug-likeness (QED) is 0.0938. The van der Waals surface area contributed by atoms with Gasteiger partial charge in [0.2, 0.25) is 0 Å². The first-order chi connectivity index (χ1) is 22.9. The van der Waals surface area contributed by atoms with Crippen molar-refractivity contribution < 1.29 is 57.0 Å². The molecule has 0 amide bonds. The number of halogens is 7. The molecule has 252 valence electrons. The molecular formula is C33H28Cl3F4N6NaO2. The van der Waals surface area contributed by atoms with Gasteiger partial charge in [-0.25, -0.2) is 28.7 Å². The van der Waals surface area contributed by atoms with Crippen molar-refractivity contribution in [2.45, 2.75) is 24.1 Å². The van der Waals surface area contributed by atoms with Crippen molar-refractivity contribution in [1.82, 2.24) is 19.9 Å². The zero-order valence-corrected chi connectivity index (χ0v) is 30.4. The van der Waals surface area contributed by atoms with E-state index in [1.165, 1.54) is 18.2 Å². The van der Waals surface area contributed by atoms with Crippen LogP contribution in [0.15, 0.2) is 85.5 Å². The molecule has 16 heteroatoms. The number of aliphatic carboxylic acids is 1. The van der Waals surface area contributed by atoms with Crippen molar-refractivity contribution in [2.75, 3.05) is 36.0 Å². The third-order valence-electron chi connectivity index (χ3n) is 8.04. The van der Waals surface area contributed by atoms with Gasteiger partial charge in [-0.1, -0.05) is 96.0 Å². The van der Waals surface area contributed by atoms with E-state index in [0.717, 1.165) is 42.0 Å². The summed E-state index contributed by atoms with van der Waals surface area (Å²) in [6.45, 7) is 2.45. The Morgan fingerprint density at radius 3 is 1.55 bits per heavy atom. The number of nitrogens with zero attached hydrogens (tertiary/aromatic N) is 6. The predicted octanol–water partition coefficient (Wildman–Crippen LogP) is 3.09. The summed E-state index contributed by atoms with van der Waals surface area (Å²) in [5.41, 5.74) is 4.11. The molecule has 1 aliphatic carbocycles. The minimum atomic E-state index is -4.22. The van der Waals surface area contributed by atoms with Crippen LogP contribution in [0, 0.1) is 11.8 Å². The van der Waals surface area contributed by atoms with Gasteiger partial charge in [0.25, 0.3) is 5.92 Å². The number of alkyl halides is 5. The van der Waals surface area contributed by atoms with Crippen LogP contribution < -0.4 is 44.5 Å². The molecule has 2 aromatic heterocycles. The molecule has 2 atom stereocenters. The first-order valence-corrected chi connectivity index (χ1v) is 15.9. The Labute approximate surface area is 317 Å². The second-order valence-corrected chi connectivity index (χ2v) is 12.4. The van der Waals surface area contributed by atoms with E-state index in [0.29, 0.717) is 35.6 Å². The topological polar surface area (TPSA) is 98.2 Å². The monoisotopic (exact) mass is 744 g/mol. The van der Waals surface area contributed by atoms with Crippen molar-refractivity contribution >= 4 is 52.4 Å². The summed E-state index contributed by atoms with van der Waals surface area (Å²) in [6, 6.07) is 20.1. The standard InChI is InChI=1S/C16H14ClF2N3.C15H14ClN3.C2HClF2O2.Na/c17-14-11(6-10-4-2-1-3-5-10)15(21-9-20-14)22-7-12-13(8-22)16(12,18)19;16-14-13(10-12-6-2-1-3-7-12)15(18-11-17-14)19-8-4-5-9-19;3-2(4,5)1(6)7;/h1-5,9,12-13H,6-8H2;1-7,11H,8-10H2;(H,6,7);/q;;;+1/p-1. The van der Waals surface area contributed by atoms with Gasteiger partial charge in [-0.15, -0.1) is 0 Å². The number of aromatic nitrogens is 4. The molecule has 0 spiro atoms. The second kappa shape index (κ2) is 16.8. The van der Waals surface area contributed by atoms with E-state index < -0.39 is 29.1 Å². The smallest absolute Gasteiger partial charge is 0.543 e. The SMILES string of the molecule is Clc1ncnc(N2CC=CC2)c1Cc1ccccc1.FC1(F)C2CN(c3ncnc(Cl)c3Cc3ccccc3)CC21.O=C([O-])C(F)(F)Cl.[Na+]. The second-order valence-electron chi connectivity index (χ2n) is 11.2. The van der Waals surface area contributed by atoms with Gasteiger partial charge in [0.1, 0.15) is 40.6 Å². The van der Waals surface area contributed by atoms with Crippen molar-refractivity contribution in [3.8, 4) is 0 Å². The van der Waals surface area contributed by atoms with Gasteiger partial charge in [0, 0.05) is 50.1 Å². The van der Waals surface area contributed by atoms with E-state index in [4.69, 9.17) is 33.1 Å². The molecule has 2 aliphatic heterocycles. The summed E-state index contributed by atoms with van der Waals surface area (Å²) in [5.74, 6) is -4.51. The molecule has 2 unspecified atom stereocenters. The molecule has 4 heterocycles. The average molecular weight is 746 g/mol. The maximum Gasteiger partial charge on any atom is 1.00 e. The number of anilines is 2. The third-order valence-corrected chi connectivity index (χ3v) is 8.84. The Kier molecular flexibility index (Phi) is 13.3. The van der Waals surface area contributed by atoms with E-state index >= 15 is 0 Å². The number of piperidine rings is 1. The molecule has 0 bridgehead atoms. The van der Waals surface area contributed by atoms with Crippen LogP contribution in [0.1, 0.15) is 22.3 Å². The number of rotatable bonds is 7. The molecule has 49 heavy (non-hydrogen) atoms. The third kappa shape index (κ3) is 9.83. The summed E-state index contributed by atoms with van der Waals surface area (Å²) in [4.78, 5) is 30.0. The van der Waals surface area contributed by atoms with Crippen LogP contribution >= 0.6 is 34.8 Å². The maximum absolute atomic E-state index is 13.4. The zero-order valence-electron chi connectivity index (χ0n) is 26.1. The fourth-order valence-corrected chi connectivity index (χ4v) is 5.94. The van der Waals surface area contributed by atoms with Crippen LogP contribution in [0.25, 0.3) is 0 Å². The van der Waals surface area contributed by atoms with E-state index in [-0.39, 0.29) is 29.6 Å². The number of benzene rings is 2. The molecule has 7 rings (SSSR count). The van der Waals surface area contributed by atoms with E-state index in [2.05, 4.69) is 60.7 Å². The van der Waals surface area contributed by atoms with Crippen LogP contribution in [0.5, 0.6) is 0 Å².